The lowest BCUT2D eigenvalue weighted by atomic mass is 10.2. The van der Waals surface area contributed by atoms with Crippen LogP contribution < -0.4 is 0 Å². The van der Waals surface area contributed by atoms with Crippen LogP contribution in [-0.2, 0) is 9.09 Å². The summed E-state index contributed by atoms with van der Waals surface area (Å²) in [6, 6.07) is 0. The predicted octanol–water partition coefficient (Wildman–Crippen LogP) is 3.42. The van der Waals surface area contributed by atoms with Gasteiger partial charge in [-0.2, -0.15) is 0 Å². The molecule has 4 heteroatoms. The summed E-state index contributed by atoms with van der Waals surface area (Å²) < 4.78 is 16.4. The second kappa shape index (κ2) is 7.44. The van der Waals surface area contributed by atoms with Gasteiger partial charge in [0.15, 0.2) is 0 Å². The van der Waals surface area contributed by atoms with Crippen LogP contribution in [0.15, 0.2) is 0 Å². The van der Waals surface area contributed by atoms with Gasteiger partial charge < -0.3 is 9.42 Å². The lowest BCUT2D eigenvalue weighted by molar-refractivity contribution is 0.229. The molecule has 0 amide bonds. The van der Waals surface area contributed by atoms with Crippen molar-refractivity contribution >= 4 is 7.60 Å². The van der Waals surface area contributed by atoms with Crippen LogP contribution in [0.1, 0.15) is 46.5 Å². The zero-order valence-corrected chi connectivity index (χ0v) is 10.4. The Labute approximate surface area is 87.4 Å². The van der Waals surface area contributed by atoms with E-state index in [2.05, 4.69) is 6.92 Å². The fourth-order valence-corrected chi connectivity index (χ4v) is 2.35. The summed E-state index contributed by atoms with van der Waals surface area (Å²) in [4.78, 5) is 9.40. The van der Waals surface area contributed by atoms with E-state index in [1.165, 1.54) is 0 Å². The maximum Gasteiger partial charge on any atom is 0.328 e. The summed E-state index contributed by atoms with van der Waals surface area (Å²) in [6.45, 7) is 6.43. The highest BCUT2D eigenvalue weighted by Gasteiger charge is 2.18. The van der Waals surface area contributed by atoms with E-state index in [1.54, 1.807) is 0 Å². The molecule has 0 fully saturated rings. The monoisotopic (exact) mass is 222 g/mol. The topological polar surface area (TPSA) is 46.5 Å². The van der Waals surface area contributed by atoms with Gasteiger partial charge in [0.2, 0.25) is 0 Å². The Bertz CT molecular complexity index is 180. The van der Waals surface area contributed by atoms with Crippen molar-refractivity contribution in [3.63, 3.8) is 0 Å². The standard InChI is InChI=1S/C10H23O3P/c1-4-5-6-7-8-14(11,12)13-9-10(2)3/h10H,4-9H2,1-3H3,(H,11,12). The van der Waals surface area contributed by atoms with Gasteiger partial charge in [-0.3, -0.25) is 4.57 Å². The van der Waals surface area contributed by atoms with Crippen molar-refractivity contribution in [2.24, 2.45) is 5.92 Å². The quantitative estimate of drug-likeness (QED) is 0.505. The Balaban J connectivity index is 3.56. The average Bonchev–Trinajstić information content (AvgIpc) is 2.10. The Hall–Kier alpha value is 0.150. The first-order valence-corrected chi connectivity index (χ1v) is 7.20. The lowest BCUT2D eigenvalue weighted by Gasteiger charge is -2.13. The zero-order valence-electron chi connectivity index (χ0n) is 9.53. The Morgan fingerprint density at radius 1 is 1.29 bits per heavy atom. The van der Waals surface area contributed by atoms with E-state index in [4.69, 9.17) is 4.52 Å². The molecule has 1 unspecified atom stereocenters. The number of unbranched alkanes of at least 4 members (excludes halogenated alkanes) is 3. The van der Waals surface area contributed by atoms with Crippen molar-refractivity contribution in [2.75, 3.05) is 12.8 Å². The fraction of sp³-hybridized carbons (Fsp3) is 1.00. The molecule has 0 aromatic rings. The summed E-state index contributed by atoms with van der Waals surface area (Å²) >= 11 is 0. The van der Waals surface area contributed by atoms with Gasteiger partial charge in [0.05, 0.1) is 6.61 Å². The summed E-state index contributed by atoms with van der Waals surface area (Å²) in [6.07, 6.45) is 4.39. The van der Waals surface area contributed by atoms with E-state index < -0.39 is 7.60 Å². The molecular formula is C10H23O3P. The highest BCUT2D eigenvalue weighted by molar-refractivity contribution is 7.52. The molecule has 0 saturated heterocycles. The first kappa shape index (κ1) is 14.2. The second-order valence-corrected chi connectivity index (χ2v) is 6.09. The van der Waals surface area contributed by atoms with Crippen LogP contribution in [0.3, 0.4) is 0 Å². The number of rotatable bonds is 8. The van der Waals surface area contributed by atoms with Crippen molar-refractivity contribution in [3.05, 3.63) is 0 Å². The van der Waals surface area contributed by atoms with Crippen LogP contribution in [0.5, 0.6) is 0 Å². The molecular weight excluding hydrogens is 199 g/mol. The van der Waals surface area contributed by atoms with Gasteiger partial charge in [-0.15, -0.1) is 0 Å². The molecule has 86 valence electrons. The molecule has 0 saturated carbocycles. The van der Waals surface area contributed by atoms with Crippen LogP contribution in [-0.4, -0.2) is 17.7 Å². The smallest absolute Gasteiger partial charge is 0.324 e. The molecule has 0 spiro atoms. The molecule has 14 heavy (non-hydrogen) atoms. The number of hydrogen-bond donors (Lipinski definition) is 1. The Morgan fingerprint density at radius 3 is 2.43 bits per heavy atom. The summed E-state index contributed by atoms with van der Waals surface area (Å²) in [5.41, 5.74) is 0. The molecule has 0 radical (unpaired) electrons. The van der Waals surface area contributed by atoms with Gasteiger partial charge in [0, 0.05) is 6.16 Å². The van der Waals surface area contributed by atoms with Crippen molar-refractivity contribution in [2.45, 2.75) is 46.5 Å². The SMILES string of the molecule is CCCCCCP(=O)(O)OCC(C)C. The van der Waals surface area contributed by atoms with Gasteiger partial charge in [-0.05, 0) is 12.3 Å². The molecule has 0 aliphatic carbocycles. The van der Waals surface area contributed by atoms with Crippen LogP contribution in [0.4, 0.5) is 0 Å². The Morgan fingerprint density at radius 2 is 1.93 bits per heavy atom. The van der Waals surface area contributed by atoms with E-state index in [9.17, 15) is 9.46 Å². The molecule has 0 aromatic carbocycles. The molecule has 0 aliphatic rings. The minimum absolute atomic E-state index is 0.305. The van der Waals surface area contributed by atoms with Crippen LogP contribution in [0, 0.1) is 5.92 Å². The highest BCUT2D eigenvalue weighted by Crippen LogP contribution is 2.43. The highest BCUT2D eigenvalue weighted by atomic mass is 31.2. The van der Waals surface area contributed by atoms with Crippen LogP contribution in [0.25, 0.3) is 0 Å². The maximum atomic E-state index is 11.4. The van der Waals surface area contributed by atoms with Crippen molar-refractivity contribution in [3.8, 4) is 0 Å². The van der Waals surface area contributed by atoms with Gasteiger partial charge in [0.1, 0.15) is 0 Å². The zero-order chi connectivity index (χ0) is 11.0. The average molecular weight is 222 g/mol. The first-order valence-electron chi connectivity index (χ1n) is 5.44. The van der Waals surface area contributed by atoms with Crippen LogP contribution >= 0.6 is 7.60 Å². The van der Waals surface area contributed by atoms with Crippen LogP contribution in [0.2, 0.25) is 0 Å². The molecule has 0 bridgehead atoms. The maximum absolute atomic E-state index is 11.4. The van der Waals surface area contributed by atoms with Crippen molar-refractivity contribution in [1.82, 2.24) is 0 Å². The van der Waals surface area contributed by atoms with Gasteiger partial charge in [-0.1, -0.05) is 40.0 Å². The summed E-state index contributed by atoms with van der Waals surface area (Å²) in [5, 5.41) is 0. The molecule has 0 rings (SSSR count). The third kappa shape index (κ3) is 8.74. The minimum atomic E-state index is -3.29. The van der Waals surface area contributed by atoms with E-state index in [0.29, 0.717) is 18.7 Å². The van der Waals surface area contributed by atoms with Gasteiger partial charge >= 0.3 is 7.60 Å². The van der Waals surface area contributed by atoms with E-state index in [0.717, 1.165) is 25.7 Å². The molecule has 1 atom stereocenters. The minimum Gasteiger partial charge on any atom is -0.324 e. The predicted molar refractivity (Wildman–Crippen MR) is 59.6 cm³/mol. The molecule has 0 heterocycles. The largest absolute Gasteiger partial charge is 0.328 e. The van der Waals surface area contributed by atoms with E-state index in [1.807, 2.05) is 13.8 Å². The van der Waals surface area contributed by atoms with E-state index >= 15 is 0 Å². The molecule has 1 N–H and O–H groups in total. The van der Waals surface area contributed by atoms with Crippen molar-refractivity contribution < 1.29 is 14.0 Å². The summed E-state index contributed by atoms with van der Waals surface area (Å²) in [5.74, 6) is 0.311. The fourth-order valence-electron chi connectivity index (χ4n) is 1.07. The second-order valence-electron chi connectivity index (χ2n) is 4.11. The molecule has 0 aliphatic heterocycles. The molecule has 3 nitrogen and oxygen atoms in total. The first-order chi connectivity index (χ1) is 6.48. The van der Waals surface area contributed by atoms with Gasteiger partial charge in [0.25, 0.3) is 0 Å². The Kier molecular flexibility index (Phi) is 7.52. The third-order valence-electron chi connectivity index (χ3n) is 1.90. The molecule has 0 aromatic heterocycles. The third-order valence-corrected chi connectivity index (χ3v) is 3.34. The van der Waals surface area contributed by atoms with E-state index in [-0.39, 0.29) is 0 Å². The summed E-state index contributed by atoms with van der Waals surface area (Å²) in [7, 11) is -3.29. The normalized spacial score (nSPS) is 15.8. The van der Waals surface area contributed by atoms with Gasteiger partial charge in [-0.25, -0.2) is 0 Å². The number of hydrogen-bond acceptors (Lipinski definition) is 2. The van der Waals surface area contributed by atoms with Crippen molar-refractivity contribution in [1.29, 1.82) is 0 Å². The lowest BCUT2D eigenvalue weighted by Crippen LogP contribution is -2.02.